The van der Waals surface area contributed by atoms with Gasteiger partial charge in [-0.05, 0) is 31.0 Å². The number of likely N-dealkylation sites (tertiary alicyclic amines) is 1. The van der Waals surface area contributed by atoms with Crippen molar-refractivity contribution in [3.05, 3.63) is 56.3 Å². The lowest BCUT2D eigenvalue weighted by Gasteiger charge is -2.31. The van der Waals surface area contributed by atoms with E-state index in [2.05, 4.69) is 15.4 Å². The fourth-order valence-corrected chi connectivity index (χ4v) is 5.23. The van der Waals surface area contributed by atoms with Gasteiger partial charge in [0, 0.05) is 29.4 Å². The highest BCUT2D eigenvalue weighted by atomic mass is 35.5. The summed E-state index contributed by atoms with van der Waals surface area (Å²) in [5, 5.41) is 18.3. The number of thiazole rings is 1. The van der Waals surface area contributed by atoms with Crippen LogP contribution in [-0.4, -0.2) is 49.7 Å². The van der Waals surface area contributed by atoms with Crippen molar-refractivity contribution in [3.63, 3.8) is 0 Å². The molecule has 8 nitrogen and oxygen atoms in total. The average Bonchev–Trinajstić information content (AvgIpc) is 3.49. The van der Waals surface area contributed by atoms with Crippen molar-refractivity contribution in [2.24, 2.45) is 0 Å². The summed E-state index contributed by atoms with van der Waals surface area (Å²) in [6.07, 6.45) is -5.02. The Bertz CT molecular complexity index is 1310. The van der Waals surface area contributed by atoms with Crippen LogP contribution in [0.25, 0.3) is 0 Å². The number of nitrogens with one attached hydrogen (secondary N) is 1. The Balaban J connectivity index is 1.35. The molecule has 0 unspecified atom stereocenters. The van der Waals surface area contributed by atoms with E-state index in [0.29, 0.717) is 47.5 Å². The maximum Gasteiger partial charge on any atom is 0.282 e. The van der Waals surface area contributed by atoms with Crippen LogP contribution in [0.15, 0.2) is 23.6 Å². The van der Waals surface area contributed by atoms with Gasteiger partial charge in [0.15, 0.2) is 5.13 Å². The highest BCUT2D eigenvalue weighted by molar-refractivity contribution is 7.14. The number of anilines is 1. The molecule has 198 valence electrons. The molecule has 0 spiro atoms. The van der Waals surface area contributed by atoms with Crippen LogP contribution < -0.4 is 5.32 Å². The number of alkyl halides is 4. The minimum atomic E-state index is -3.04. The first-order valence-corrected chi connectivity index (χ1v) is 12.5. The molecule has 37 heavy (non-hydrogen) atoms. The number of nitrogens with zero attached hydrogens (tertiary/aromatic N) is 4. The molecule has 0 atom stereocenters. The number of piperidine rings is 1. The number of hydrogen-bond acceptors (Lipinski definition) is 6. The van der Waals surface area contributed by atoms with Gasteiger partial charge in [-0.25, -0.2) is 22.5 Å². The van der Waals surface area contributed by atoms with E-state index >= 15 is 0 Å². The van der Waals surface area contributed by atoms with E-state index in [1.54, 1.807) is 5.38 Å². The minimum Gasteiger partial charge on any atom is -0.506 e. The molecule has 3 aromatic rings. The number of benzene rings is 1. The Morgan fingerprint density at radius 2 is 1.84 bits per heavy atom. The molecule has 1 aliphatic heterocycles. The molecule has 0 radical (unpaired) electrons. The van der Waals surface area contributed by atoms with Crippen molar-refractivity contribution < 1.29 is 32.3 Å². The third-order valence-corrected chi connectivity index (χ3v) is 7.13. The van der Waals surface area contributed by atoms with E-state index in [9.17, 15) is 32.3 Å². The zero-order valence-corrected chi connectivity index (χ0v) is 21.1. The highest BCUT2D eigenvalue weighted by Gasteiger charge is 2.28. The van der Waals surface area contributed by atoms with Crippen LogP contribution in [0.4, 0.5) is 22.7 Å². The molecule has 2 aromatic heterocycles. The van der Waals surface area contributed by atoms with E-state index < -0.39 is 48.3 Å². The van der Waals surface area contributed by atoms with E-state index in [4.69, 9.17) is 23.2 Å². The number of carbonyl (C=O) groups excluding carboxylic acids is 2. The standard InChI is InChI=1S/C22H19Cl2F4N5O3S/c23-11-5-12(18(35)13(24)6-11)21(36)30-22-29-15(9-37-22)10-1-3-32(4-2-10)17(34)8-33-16(20(27)28)7-14(31-33)19(25)26/h5-7,9-10,19-20,35H,1-4,8H2,(H,29,30,36). The molecular weight excluding hydrogens is 561 g/mol. The molecule has 1 aromatic carbocycles. The molecule has 2 N–H and O–H groups in total. The van der Waals surface area contributed by atoms with Crippen LogP contribution >= 0.6 is 34.5 Å². The first-order chi connectivity index (χ1) is 17.5. The van der Waals surface area contributed by atoms with Crippen LogP contribution in [-0.2, 0) is 11.3 Å². The van der Waals surface area contributed by atoms with Crippen molar-refractivity contribution >= 4 is 51.5 Å². The van der Waals surface area contributed by atoms with Gasteiger partial charge in [0.05, 0.1) is 16.3 Å². The number of aromatic hydroxyl groups is 1. The Morgan fingerprint density at radius 1 is 1.14 bits per heavy atom. The second kappa shape index (κ2) is 11.2. The number of carbonyl (C=O) groups is 2. The van der Waals surface area contributed by atoms with Crippen molar-refractivity contribution in [3.8, 4) is 5.75 Å². The topological polar surface area (TPSA) is 100 Å². The lowest BCUT2D eigenvalue weighted by molar-refractivity contribution is -0.133. The third-order valence-electron chi connectivity index (χ3n) is 5.84. The van der Waals surface area contributed by atoms with Crippen molar-refractivity contribution in [1.82, 2.24) is 19.7 Å². The highest BCUT2D eigenvalue weighted by Crippen LogP contribution is 2.34. The smallest absolute Gasteiger partial charge is 0.282 e. The SMILES string of the molecule is O=C(Nc1nc(C2CCN(C(=O)Cn3nc(C(F)F)cc3C(F)F)CC2)cs1)c1cc(Cl)cc(Cl)c1O. The normalized spacial score (nSPS) is 14.5. The first-order valence-electron chi connectivity index (χ1n) is 10.9. The molecule has 2 amide bonds. The van der Waals surface area contributed by atoms with Crippen molar-refractivity contribution in [2.75, 3.05) is 18.4 Å². The summed E-state index contributed by atoms with van der Waals surface area (Å²) in [6, 6.07) is 3.19. The average molecular weight is 580 g/mol. The number of halogens is 6. The molecule has 1 saturated heterocycles. The molecule has 1 aliphatic rings. The third kappa shape index (κ3) is 6.16. The lowest BCUT2D eigenvalue weighted by atomic mass is 9.94. The van der Waals surface area contributed by atoms with E-state index in [1.807, 2.05) is 0 Å². The predicted octanol–water partition coefficient (Wildman–Crippen LogP) is 5.89. The van der Waals surface area contributed by atoms with Crippen LogP contribution in [0.5, 0.6) is 5.75 Å². The number of hydrogen-bond donors (Lipinski definition) is 2. The zero-order valence-electron chi connectivity index (χ0n) is 18.8. The van der Waals surface area contributed by atoms with Crippen LogP contribution in [0, 0.1) is 0 Å². The molecule has 15 heteroatoms. The quantitative estimate of drug-likeness (QED) is 0.340. The fourth-order valence-electron chi connectivity index (χ4n) is 3.95. The number of amides is 2. The van der Waals surface area contributed by atoms with Gasteiger partial charge in [0.2, 0.25) is 5.91 Å². The van der Waals surface area contributed by atoms with Gasteiger partial charge in [0.1, 0.15) is 23.7 Å². The lowest BCUT2D eigenvalue weighted by Crippen LogP contribution is -2.40. The molecule has 0 bridgehead atoms. The van der Waals surface area contributed by atoms with Gasteiger partial charge in [-0.1, -0.05) is 23.2 Å². The minimum absolute atomic E-state index is 0.0215. The van der Waals surface area contributed by atoms with Crippen molar-refractivity contribution in [2.45, 2.75) is 38.2 Å². The monoisotopic (exact) mass is 579 g/mol. The largest absolute Gasteiger partial charge is 0.506 e. The van der Waals surface area contributed by atoms with E-state index in [0.717, 1.165) is 0 Å². The molecule has 0 aliphatic carbocycles. The maximum atomic E-state index is 13.2. The van der Waals surface area contributed by atoms with Gasteiger partial charge in [-0.3, -0.25) is 19.6 Å². The van der Waals surface area contributed by atoms with Gasteiger partial charge in [0.25, 0.3) is 18.8 Å². The Labute approximate surface area is 221 Å². The van der Waals surface area contributed by atoms with Crippen LogP contribution in [0.2, 0.25) is 10.0 Å². The van der Waals surface area contributed by atoms with Gasteiger partial charge < -0.3 is 10.0 Å². The number of phenols is 1. The number of rotatable bonds is 7. The van der Waals surface area contributed by atoms with Gasteiger partial charge in [-0.15, -0.1) is 11.3 Å². The summed E-state index contributed by atoms with van der Waals surface area (Å²) in [6.45, 7) is 0.0550. The summed E-state index contributed by atoms with van der Waals surface area (Å²) in [4.78, 5) is 31.1. The second-order valence-electron chi connectivity index (χ2n) is 8.22. The Hall–Kier alpha value is -2.90. The zero-order chi connectivity index (χ0) is 26.9. The Kier molecular flexibility index (Phi) is 8.24. The van der Waals surface area contributed by atoms with Crippen molar-refractivity contribution in [1.29, 1.82) is 0 Å². The predicted molar refractivity (Wildman–Crippen MR) is 129 cm³/mol. The summed E-state index contributed by atoms with van der Waals surface area (Å²) in [5.74, 6) is -1.57. The number of aromatic nitrogens is 3. The van der Waals surface area contributed by atoms with E-state index in [1.165, 1.54) is 28.4 Å². The maximum absolute atomic E-state index is 13.2. The summed E-state index contributed by atoms with van der Waals surface area (Å²) >= 11 is 13.0. The number of phenolic OH excluding ortho intramolecular Hbond substituents is 1. The van der Waals surface area contributed by atoms with E-state index in [-0.39, 0.29) is 21.5 Å². The molecule has 3 heterocycles. The molecule has 0 saturated carbocycles. The summed E-state index contributed by atoms with van der Waals surface area (Å²) < 4.78 is 52.7. The second-order valence-corrected chi connectivity index (χ2v) is 9.93. The van der Waals surface area contributed by atoms with Gasteiger partial charge in [-0.2, -0.15) is 5.10 Å². The fraction of sp³-hybridized carbons (Fsp3) is 0.364. The summed E-state index contributed by atoms with van der Waals surface area (Å²) in [7, 11) is 0. The van der Waals surface area contributed by atoms with Crippen LogP contribution in [0.3, 0.4) is 0 Å². The molecular formula is C22H19Cl2F4N5O3S. The Morgan fingerprint density at radius 3 is 2.49 bits per heavy atom. The summed E-state index contributed by atoms with van der Waals surface area (Å²) in [5.41, 5.74) is -0.936. The van der Waals surface area contributed by atoms with Crippen LogP contribution in [0.1, 0.15) is 59.1 Å². The molecule has 4 rings (SSSR count). The van der Waals surface area contributed by atoms with Gasteiger partial charge >= 0.3 is 0 Å². The molecule has 1 fully saturated rings. The first kappa shape index (κ1) is 27.1.